The number of carbonyl (C=O) groups is 1. The molecule has 1 unspecified atom stereocenters. The topological polar surface area (TPSA) is 71.5 Å². The number of aromatic nitrogens is 1. The average molecular weight is 368 g/mol. The predicted molar refractivity (Wildman–Crippen MR) is 108 cm³/mol. The molecule has 3 rings (SSSR count). The maximum absolute atomic E-state index is 12.4. The molecule has 0 saturated carbocycles. The molecular weight excluding hydrogens is 340 g/mol. The molecule has 1 aliphatic carbocycles. The normalized spacial score (nSPS) is 17.3. The van der Waals surface area contributed by atoms with E-state index in [-0.39, 0.29) is 18.6 Å². The van der Waals surface area contributed by atoms with E-state index in [1.165, 1.54) is 5.57 Å². The summed E-state index contributed by atoms with van der Waals surface area (Å²) in [5.41, 5.74) is 4.06. The molecule has 1 amide bonds. The highest BCUT2D eigenvalue weighted by Crippen LogP contribution is 2.40. The van der Waals surface area contributed by atoms with Crippen molar-refractivity contribution in [2.75, 3.05) is 13.7 Å². The van der Waals surface area contributed by atoms with Gasteiger partial charge in [0.25, 0.3) is 5.91 Å². The van der Waals surface area contributed by atoms with Crippen LogP contribution in [0.25, 0.3) is 16.5 Å². The van der Waals surface area contributed by atoms with Crippen LogP contribution in [0, 0.1) is 5.41 Å². The Morgan fingerprint density at radius 1 is 1.37 bits per heavy atom. The quantitative estimate of drug-likeness (QED) is 0.838. The molecule has 144 valence electrons. The number of allylic oxidation sites excluding steroid dienone is 2. The SMILES string of the molecule is COc1cc(C2=CCC(C)(C)CC2)c2ncc(C(=O)NC(C)CO)cc2c1. The highest BCUT2D eigenvalue weighted by molar-refractivity contribution is 6.00. The molecule has 1 atom stereocenters. The molecule has 27 heavy (non-hydrogen) atoms. The van der Waals surface area contributed by atoms with Gasteiger partial charge in [-0.3, -0.25) is 9.78 Å². The molecule has 2 N–H and O–H groups in total. The number of nitrogens with zero attached hydrogens (tertiary/aromatic N) is 1. The summed E-state index contributed by atoms with van der Waals surface area (Å²) >= 11 is 0. The van der Waals surface area contributed by atoms with Crippen LogP contribution in [0.3, 0.4) is 0 Å². The van der Waals surface area contributed by atoms with Crippen molar-refractivity contribution < 1.29 is 14.6 Å². The Balaban J connectivity index is 2.03. The highest BCUT2D eigenvalue weighted by Gasteiger charge is 2.23. The van der Waals surface area contributed by atoms with E-state index in [1.807, 2.05) is 18.2 Å². The van der Waals surface area contributed by atoms with Gasteiger partial charge in [0.05, 0.1) is 24.8 Å². The van der Waals surface area contributed by atoms with Gasteiger partial charge in [-0.25, -0.2) is 0 Å². The number of pyridine rings is 1. The first-order chi connectivity index (χ1) is 12.8. The number of benzene rings is 1. The van der Waals surface area contributed by atoms with Crippen LogP contribution in [0.2, 0.25) is 0 Å². The fraction of sp³-hybridized carbons (Fsp3) is 0.455. The zero-order valence-electron chi connectivity index (χ0n) is 16.5. The monoisotopic (exact) mass is 368 g/mol. The Morgan fingerprint density at radius 2 is 2.15 bits per heavy atom. The number of carbonyl (C=O) groups excluding carboxylic acids is 1. The first-order valence-electron chi connectivity index (χ1n) is 9.42. The summed E-state index contributed by atoms with van der Waals surface area (Å²) in [5, 5.41) is 12.8. The van der Waals surface area contributed by atoms with Crippen molar-refractivity contribution in [3.05, 3.63) is 41.6 Å². The lowest BCUT2D eigenvalue weighted by Crippen LogP contribution is -2.35. The van der Waals surface area contributed by atoms with E-state index in [2.05, 4.69) is 30.2 Å². The Morgan fingerprint density at radius 3 is 2.78 bits per heavy atom. The number of rotatable bonds is 5. The van der Waals surface area contributed by atoms with Gasteiger partial charge in [-0.05, 0) is 55.4 Å². The average Bonchev–Trinajstić information content (AvgIpc) is 2.66. The summed E-state index contributed by atoms with van der Waals surface area (Å²) < 4.78 is 5.49. The van der Waals surface area contributed by atoms with Gasteiger partial charge >= 0.3 is 0 Å². The number of methoxy groups -OCH3 is 1. The number of fused-ring (bicyclic) bond motifs is 1. The summed E-state index contributed by atoms with van der Waals surface area (Å²) in [6.07, 6.45) is 7.10. The van der Waals surface area contributed by atoms with Gasteiger partial charge in [0.15, 0.2) is 0 Å². The van der Waals surface area contributed by atoms with Gasteiger partial charge in [0.2, 0.25) is 0 Å². The summed E-state index contributed by atoms with van der Waals surface area (Å²) in [7, 11) is 1.65. The fourth-order valence-electron chi connectivity index (χ4n) is 3.38. The van der Waals surface area contributed by atoms with Crippen molar-refractivity contribution in [3.8, 4) is 5.75 Å². The minimum atomic E-state index is -0.301. The van der Waals surface area contributed by atoms with Gasteiger partial charge in [0, 0.05) is 23.2 Å². The van der Waals surface area contributed by atoms with Crippen LogP contribution in [0.15, 0.2) is 30.5 Å². The molecule has 1 aromatic heterocycles. The summed E-state index contributed by atoms with van der Waals surface area (Å²) in [4.78, 5) is 17.0. The largest absolute Gasteiger partial charge is 0.497 e. The molecule has 0 spiro atoms. The molecule has 0 fully saturated rings. The number of aliphatic hydroxyl groups excluding tert-OH is 1. The van der Waals surface area contributed by atoms with Crippen LogP contribution in [0.1, 0.15) is 56.0 Å². The maximum atomic E-state index is 12.4. The molecule has 0 radical (unpaired) electrons. The molecule has 1 heterocycles. The van der Waals surface area contributed by atoms with E-state index in [9.17, 15) is 4.79 Å². The summed E-state index contributed by atoms with van der Waals surface area (Å²) in [5.74, 6) is 0.514. The van der Waals surface area contributed by atoms with Crippen LogP contribution in [0.4, 0.5) is 0 Å². The predicted octanol–water partition coefficient (Wildman–Crippen LogP) is 3.95. The van der Waals surface area contributed by atoms with Crippen molar-refractivity contribution in [2.45, 2.75) is 46.1 Å². The van der Waals surface area contributed by atoms with Crippen LogP contribution >= 0.6 is 0 Å². The lowest BCUT2D eigenvalue weighted by atomic mass is 9.77. The van der Waals surface area contributed by atoms with Crippen molar-refractivity contribution in [3.63, 3.8) is 0 Å². The Labute approximate surface area is 160 Å². The third-order valence-corrected chi connectivity index (χ3v) is 5.22. The van der Waals surface area contributed by atoms with E-state index >= 15 is 0 Å². The van der Waals surface area contributed by atoms with Crippen LogP contribution in [-0.2, 0) is 0 Å². The minimum Gasteiger partial charge on any atom is -0.497 e. The number of aliphatic hydroxyl groups is 1. The summed E-state index contributed by atoms with van der Waals surface area (Å²) in [6, 6.07) is 5.48. The molecule has 5 heteroatoms. The zero-order chi connectivity index (χ0) is 19.6. The number of hydrogen-bond donors (Lipinski definition) is 2. The molecule has 0 saturated heterocycles. The summed E-state index contributed by atoms with van der Waals surface area (Å²) in [6.45, 7) is 6.24. The third kappa shape index (κ3) is 4.30. The minimum absolute atomic E-state index is 0.102. The van der Waals surface area contributed by atoms with Crippen LogP contribution in [-0.4, -0.2) is 35.8 Å². The van der Waals surface area contributed by atoms with Crippen LogP contribution in [0.5, 0.6) is 5.75 Å². The van der Waals surface area contributed by atoms with E-state index in [1.54, 1.807) is 20.2 Å². The van der Waals surface area contributed by atoms with E-state index in [0.29, 0.717) is 11.0 Å². The molecular formula is C22H28N2O3. The molecule has 1 aliphatic rings. The zero-order valence-corrected chi connectivity index (χ0v) is 16.5. The lowest BCUT2D eigenvalue weighted by molar-refractivity contribution is 0.0922. The van der Waals surface area contributed by atoms with Crippen molar-refractivity contribution in [1.29, 1.82) is 0 Å². The first-order valence-corrected chi connectivity index (χ1v) is 9.42. The van der Waals surface area contributed by atoms with Gasteiger partial charge in [-0.1, -0.05) is 19.9 Å². The number of hydrogen-bond acceptors (Lipinski definition) is 4. The smallest absolute Gasteiger partial charge is 0.253 e. The Kier molecular flexibility index (Phi) is 5.51. The van der Waals surface area contributed by atoms with Crippen molar-refractivity contribution in [2.24, 2.45) is 5.41 Å². The van der Waals surface area contributed by atoms with Crippen molar-refractivity contribution >= 4 is 22.4 Å². The third-order valence-electron chi connectivity index (χ3n) is 5.22. The molecule has 0 aliphatic heterocycles. The van der Waals surface area contributed by atoms with Gasteiger partial charge < -0.3 is 15.2 Å². The van der Waals surface area contributed by atoms with Gasteiger partial charge in [-0.2, -0.15) is 0 Å². The Hall–Kier alpha value is -2.40. The second-order valence-electron chi connectivity index (χ2n) is 8.13. The Bertz CT molecular complexity index is 887. The molecule has 5 nitrogen and oxygen atoms in total. The fourth-order valence-corrected chi connectivity index (χ4v) is 3.38. The van der Waals surface area contributed by atoms with Gasteiger partial charge in [0.1, 0.15) is 5.75 Å². The standard InChI is InChI=1S/C22H28N2O3/c1-14(13-25)24-21(26)17-9-16-10-18(27-4)11-19(20(16)23-12-17)15-5-7-22(2,3)8-6-15/h5,9-12,14,25H,6-8,13H2,1-4H3,(H,24,26). The number of amides is 1. The van der Waals surface area contributed by atoms with Crippen LogP contribution < -0.4 is 10.1 Å². The van der Waals surface area contributed by atoms with E-state index in [4.69, 9.17) is 9.84 Å². The number of ether oxygens (including phenoxy) is 1. The van der Waals surface area contributed by atoms with E-state index in [0.717, 1.165) is 41.5 Å². The number of nitrogens with one attached hydrogen (secondary N) is 1. The van der Waals surface area contributed by atoms with Crippen molar-refractivity contribution in [1.82, 2.24) is 10.3 Å². The lowest BCUT2D eigenvalue weighted by Gasteiger charge is -2.29. The molecule has 0 bridgehead atoms. The first kappa shape index (κ1) is 19.4. The maximum Gasteiger partial charge on any atom is 0.253 e. The van der Waals surface area contributed by atoms with Gasteiger partial charge in [-0.15, -0.1) is 0 Å². The second kappa shape index (κ2) is 7.69. The highest BCUT2D eigenvalue weighted by atomic mass is 16.5. The molecule has 2 aromatic rings. The molecule has 1 aromatic carbocycles. The van der Waals surface area contributed by atoms with E-state index < -0.39 is 0 Å². The second-order valence-corrected chi connectivity index (χ2v) is 8.13.